The van der Waals surface area contributed by atoms with Crippen molar-refractivity contribution in [1.82, 2.24) is 0 Å². The lowest BCUT2D eigenvalue weighted by molar-refractivity contribution is -0.388. The Morgan fingerprint density at radius 3 is 2.39 bits per heavy atom. The van der Waals surface area contributed by atoms with Gasteiger partial charge in [-0.2, -0.15) is 19.1 Å². The van der Waals surface area contributed by atoms with Gasteiger partial charge < -0.3 is 4.90 Å². The summed E-state index contributed by atoms with van der Waals surface area (Å²) in [6.45, 7) is -0.477. The molecule has 0 bridgehead atoms. The van der Waals surface area contributed by atoms with E-state index in [9.17, 15) is 38.2 Å². The van der Waals surface area contributed by atoms with E-state index in [-0.39, 0.29) is 32.8 Å². The minimum absolute atomic E-state index is 0.000968. The van der Waals surface area contributed by atoms with Gasteiger partial charge in [0.05, 0.1) is 33.0 Å². The maximum atomic E-state index is 13.1. The average molecular weight is 483 g/mol. The summed E-state index contributed by atoms with van der Waals surface area (Å²) in [4.78, 5) is 37.2. The molecule has 11 nitrogen and oxygen atoms in total. The van der Waals surface area contributed by atoms with Gasteiger partial charge in [-0.05, 0) is 17.0 Å². The van der Waals surface area contributed by atoms with Crippen LogP contribution >= 0.6 is 23.6 Å². The highest BCUT2D eigenvalue weighted by Crippen LogP contribution is 2.48. The van der Waals surface area contributed by atoms with Crippen molar-refractivity contribution in [3.8, 4) is 0 Å². The van der Waals surface area contributed by atoms with Crippen molar-refractivity contribution in [3.05, 3.63) is 44.0 Å². The number of nitrogens with two attached hydrogens (primary N) is 1. The molecule has 0 saturated carbocycles. The van der Waals surface area contributed by atoms with E-state index in [2.05, 4.69) is 9.32 Å². The highest BCUT2D eigenvalue weighted by Gasteiger charge is 2.47. The van der Waals surface area contributed by atoms with Gasteiger partial charge in [0.2, 0.25) is 0 Å². The number of hydrogen-bond acceptors (Lipinski definition) is 9. The maximum absolute atomic E-state index is 13.1. The largest absolute Gasteiger partial charge is 0.471 e. The van der Waals surface area contributed by atoms with Gasteiger partial charge >= 0.3 is 12.1 Å². The molecule has 1 atom stereocenters. The number of nitro groups is 2. The standard InChI is InChI=1S/C15H10ClF3N4O7S/c16-4-6-5-21(14(24)15(17,18)19)11-3-9(22(25)26)7-1-10(23(27)28)12(31-30-29-20)2-8(7)13(6)11/h1-3,6H,4-5,20H2. The van der Waals surface area contributed by atoms with Crippen molar-refractivity contribution in [3.63, 3.8) is 0 Å². The van der Waals surface area contributed by atoms with Crippen molar-refractivity contribution in [2.24, 2.45) is 5.90 Å². The molecule has 16 heteroatoms. The van der Waals surface area contributed by atoms with Gasteiger partial charge in [-0.15, -0.1) is 20.9 Å². The number of nitrogens with zero attached hydrogens (tertiary/aromatic N) is 3. The number of alkyl halides is 4. The van der Waals surface area contributed by atoms with Gasteiger partial charge in [0.25, 0.3) is 11.4 Å². The Kier molecular flexibility index (Phi) is 6.24. The molecule has 1 amide bonds. The summed E-state index contributed by atoms with van der Waals surface area (Å²) in [5.74, 6) is 1.48. The quantitative estimate of drug-likeness (QED) is 0.213. The summed E-state index contributed by atoms with van der Waals surface area (Å²) < 4.78 is 43.6. The molecule has 3 rings (SSSR count). The van der Waals surface area contributed by atoms with Gasteiger partial charge in [0, 0.05) is 30.5 Å². The summed E-state index contributed by atoms with van der Waals surface area (Å²) in [6, 6.07) is 2.78. The van der Waals surface area contributed by atoms with Crippen LogP contribution in [0.2, 0.25) is 0 Å². The first kappa shape index (κ1) is 23.0. The first-order valence-electron chi connectivity index (χ1n) is 8.09. The number of halogens is 4. The molecule has 1 unspecified atom stereocenters. The number of hydrogen-bond donors (Lipinski definition) is 1. The third-order valence-electron chi connectivity index (χ3n) is 4.55. The number of rotatable bonds is 6. The fourth-order valence-electron chi connectivity index (χ4n) is 3.38. The fourth-order valence-corrected chi connectivity index (χ4v) is 4.13. The lowest BCUT2D eigenvalue weighted by Crippen LogP contribution is -2.40. The number of anilines is 1. The van der Waals surface area contributed by atoms with E-state index in [1.165, 1.54) is 0 Å². The lowest BCUT2D eigenvalue weighted by Gasteiger charge is -2.19. The predicted molar refractivity (Wildman–Crippen MR) is 101 cm³/mol. The predicted octanol–water partition coefficient (Wildman–Crippen LogP) is 3.72. The number of amides is 1. The second-order valence-electron chi connectivity index (χ2n) is 6.22. The smallest absolute Gasteiger partial charge is 0.303 e. The molecule has 2 aromatic carbocycles. The van der Waals surface area contributed by atoms with Crippen molar-refractivity contribution >= 4 is 57.4 Å². The van der Waals surface area contributed by atoms with E-state index in [1.54, 1.807) is 0 Å². The molecule has 31 heavy (non-hydrogen) atoms. The Morgan fingerprint density at radius 2 is 1.87 bits per heavy atom. The van der Waals surface area contributed by atoms with Gasteiger partial charge in [-0.1, -0.05) is 0 Å². The Labute approximate surface area is 179 Å². The van der Waals surface area contributed by atoms with Crippen LogP contribution in [0.5, 0.6) is 0 Å². The molecule has 166 valence electrons. The molecule has 1 aliphatic rings. The number of nitro benzene ring substituents is 2. The molecule has 0 saturated heterocycles. The van der Waals surface area contributed by atoms with Gasteiger partial charge in [-0.25, -0.2) is 0 Å². The van der Waals surface area contributed by atoms with Crippen molar-refractivity contribution in [2.75, 3.05) is 17.3 Å². The van der Waals surface area contributed by atoms with Gasteiger partial charge in [0.15, 0.2) is 0 Å². The molecular formula is C15H10ClF3N4O7S. The van der Waals surface area contributed by atoms with Crippen molar-refractivity contribution < 1.29 is 37.1 Å². The zero-order chi connectivity index (χ0) is 23.1. The van der Waals surface area contributed by atoms with Crippen LogP contribution in [-0.4, -0.2) is 34.4 Å². The zero-order valence-electron chi connectivity index (χ0n) is 14.9. The van der Waals surface area contributed by atoms with Gasteiger partial charge in [0.1, 0.15) is 4.90 Å². The molecular weight excluding hydrogens is 473 g/mol. The number of carbonyl (C=O) groups excluding carboxylic acids is 1. The highest BCUT2D eigenvalue weighted by molar-refractivity contribution is 7.94. The van der Waals surface area contributed by atoms with Crippen LogP contribution in [0.3, 0.4) is 0 Å². The lowest BCUT2D eigenvalue weighted by atomic mass is 9.94. The third kappa shape index (κ3) is 4.09. The number of non-ortho nitro benzene ring substituents is 1. The minimum atomic E-state index is -5.23. The topological polar surface area (TPSA) is 151 Å². The van der Waals surface area contributed by atoms with Crippen LogP contribution in [0.15, 0.2) is 23.1 Å². The molecule has 0 fully saturated rings. The second kappa shape index (κ2) is 8.43. The van der Waals surface area contributed by atoms with E-state index >= 15 is 0 Å². The molecule has 1 heterocycles. The number of benzene rings is 2. The van der Waals surface area contributed by atoms with Crippen LogP contribution in [0.4, 0.5) is 30.2 Å². The van der Waals surface area contributed by atoms with E-state index < -0.39 is 45.8 Å². The minimum Gasteiger partial charge on any atom is -0.303 e. The van der Waals surface area contributed by atoms with Crippen LogP contribution in [0, 0.1) is 20.2 Å². The highest BCUT2D eigenvalue weighted by atomic mass is 35.5. The molecule has 0 spiro atoms. The Hall–Kier alpha value is -2.72. The Morgan fingerprint density at radius 1 is 1.23 bits per heavy atom. The number of fused-ring (bicyclic) bond motifs is 3. The maximum Gasteiger partial charge on any atom is 0.471 e. The van der Waals surface area contributed by atoms with Gasteiger partial charge in [-0.3, -0.25) is 25.0 Å². The van der Waals surface area contributed by atoms with Crippen molar-refractivity contribution in [2.45, 2.75) is 17.0 Å². The fraction of sp³-hybridized carbons (Fsp3) is 0.267. The third-order valence-corrected chi connectivity index (χ3v) is 5.57. The normalized spacial score (nSPS) is 15.9. The van der Waals surface area contributed by atoms with Crippen LogP contribution < -0.4 is 10.8 Å². The first-order chi connectivity index (χ1) is 14.5. The first-order valence-corrected chi connectivity index (χ1v) is 9.37. The Bertz CT molecular complexity index is 1100. The molecule has 2 aromatic rings. The molecule has 1 aliphatic heterocycles. The molecule has 0 radical (unpaired) electrons. The summed E-state index contributed by atoms with van der Waals surface area (Å²) in [6.07, 6.45) is -5.23. The van der Waals surface area contributed by atoms with E-state index in [1.807, 2.05) is 0 Å². The summed E-state index contributed by atoms with van der Waals surface area (Å²) in [5.41, 5.74) is -1.56. The second-order valence-corrected chi connectivity index (χ2v) is 7.27. The summed E-state index contributed by atoms with van der Waals surface area (Å²) in [5, 5.41) is 22.8. The van der Waals surface area contributed by atoms with Crippen LogP contribution in [0.25, 0.3) is 10.8 Å². The summed E-state index contributed by atoms with van der Waals surface area (Å²) >= 11 is 6.22. The Balaban J connectivity index is 2.38. The zero-order valence-corrected chi connectivity index (χ0v) is 16.5. The van der Waals surface area contributed by atoms with E-state index in [4.69, 9.17) is 17.5 Å². The molecule has 2 N–H and O–H groups in total. The number of carbonyl (C=O) groups is 1. The van der Waals surface area contributed by atoms with Crippen molar-refractivity contribution in [1.29, 1.82) is 0 Å². The van der Waals surface area contributed by atoms with E-state index in [0.717, 1.165) is 18.2 Å². The van der Waals surface area contributed by atoms with Crippen LogP contribution in [-0.2, 0) is 14.1 Å². The monoisotopic (exact) mass is 482 g/mol. The van der Waals surface area contributed by atoms with E-state index in [0.29, 0.717) is 16.9 Å². The summed E-state index contributed by atoms with van der Waals surface area (Å²) in [7, 11) is 0. The average Bonchev–Trinajstić information content (AvgIpc) is 3.07. The molecule has 0 aromatic heterocycles. The molecule has 0 aliphatic carbocycles. The van der Waals surface area contributed by atoms with Crippen LogP contribution in [0.1, 0.15) is 11.5 Å². The SMILES string of the molecule is NOOSc1cc2c3c(cc([N+](=O)[O-])c2cc1[N+](=O)[O-])N(C(=O)C(F)(F)F)CC3CCl.